The molecular formula is C17H22ClFN2. The lowest BCUT2D eigenvalue weighted by Gasteiger charge is -2.31. The number of hydrogen-bond donors (Lipinski definition) is 0. The molecular weight excluding hydrogens is 287 g/mol. The van der Waals surface area contributed by atoms with Crippen LogP contribution in [0.4, 0.5) is 4.39 Å². The highest BCUT2D eigenvalue weighted by molar-refractivity contribution is 6.20. The lowest BCUT2D eigenvalue weighted by Crippen LogP contribution is -2.20. The van der Waals surface area contributed by atoms with E-state index >= 15 is 0 Å². The van der Waals surface area contributed by atoms with Gasteiger partial charge in [0.05, 0.1) is 16.4 Å². The summed E-state index contributed by atoms with van der Waals surface area (Å²) in [7, 11) is 0. The Balaban J connectivity index is 2.08. The first-order chi connectivity index (χ1) is 10.1. The molecule has 0 saturated heterocycles. The van der Waals surface area contributed by atoms with Crippen LogP contribution in [-0.4, -0.2) is 9.55 Å². The zero-order valence-electron chi connectivity index (χ0n) is 12.6. The molecule has 21 heavy (non-hydrogen) atoms. The van der Waals surface area contributed by atoms with Crippen LogP contribution in [0.3, 0.4) is 0 Å². The molecule has 3 rings (SSSR count). The molecule has 1 aromatic carbocycles. The summed E-state index contributed by atoms with van der Waals surface area (Å²) in [5.41, 5.74) is 1.73. The maximum absolute atomic E-state index is 13.5. The molecule has 2 aromatic rings. The molecule has 114 valence electrons. The summed E-state index contributed by atoms with van der Waals surface area (Å²) in [5.74, 6) is 1.41. The third-order valence-corrected chi connectivity index (χ3v) is 4.93. The van der Waals surface area contributed by atoms with Crippen molar-refractivity contribution in [3.8, 4) is 0 Å². The molecule has 1 aliphatic rings. The molecule has 1 saturated carbocycles. The molecule has 1 aromatic heterocycles. The van der Waals surface area contributed by atoms with Gasteiger partial charge in [-0.05, 0) is 37.8 Å². The van der Waals surface area contributed by atoms with Crippen LogP contribution >= 0.6 is 11.6 Å². The second-order valence-corrected chi connectivity index (χ2v) is 6.84. The molecule has 0 aliphatic heterocycles. The summed E-state index contributed by atoms with van der Waals surface area (Å²) >= 11 is 6.33. The van der Waals surface area contributed by atoms with Crippen molar-refractivity contribution < 1.29 is 4.39 Å². The van der Waals surface area contributed by atoms with Gasteiger partial charge in [0, 0.05) is 12.1 Å². The van der Waals surface area contributed by atoms with E-state index in [1.54, 1.807) is 0 Å². The van der Waals surface area contributed by atoms with E-state index in [1.807, 2.05) is 13.0 Å². The first-order valence-corrected chi connectivity index (χ1v) is 8.35. The molecule has 0 amide bonds. The van der Waals surface area contributed by atoms with E-state index in [4.69, 9.17) is 11.6 Å². The average molecular weight is 309 g/mol. The zero-order valence-corrected chi connectivity index (χ0v) is 13.4. The Morgan fingerprint density at radius 2 is 2.24 bits per heavy atom. The molecule has 4 heteroatoms. The fraction of sp³-hybridized carbons (Fsp3) is 0.588. The molecule has 3 atom stereocenters. The standard InChI is InChI=1S/C17H22ClFN2/c1-3-12-5-4-6-14(9-12)21-16-8-7-13(19)10-15(16)20-17(21)11(2)18/h7-8,10-12,14H,3-6,9H2,1-2H3. The van der Waals surface area contributed by atoms with Crippen LogP contribution in [-0.2, 0) is 0 Å². The predicted molar refractivity (Wildman–Crippen MR) is 85.2 cm³/mol. The number of rotatable bonds is 3. The van der Waals surface area contributed by atoms with E-state index in [-0.39, 0.29) is 11.2 Å². The SMILES string of the molecule is CCC1CCCC(n2c(C(C)Cl)nc3cc(F)ccc32)C1. The fourth-order valence-corrected chi connectivity index (χ4v) is 3.78. The van der Waals surface area contributed by atoms with Crippen LogP contribution < -0.4 is 0 Å². The lowest BCUT2D eigenvalue weighted by atomic mass is 9.84. The summed E-state index contributed by atoms with van der Waals surface area (Å²) in [6.45, 7) is 4.20. The minimum atomic E-state index is -0.240. The monoisotopic (exact) mass is 308 g/mol. The Kier molecular flexibility index (Phi) is 4.21. The molecule has 0 spiro atoms. The first kappa shape index (κ1) is 14.8. The summed E-state index contributed by atoms with van der Waals surface area (Å²) < 4.78 is 15.7. The van der Waals surface area contributed by atoms with E-state index in [1.165, 1.54) is 37.8 Å². The van der Waals surface area contributed by atoms with E-state index in [0.717, 1.165) is 29.2 Å². The Bertz CT molecular complexity index is 635. The summed E-state index contributed by atoms with van der Waals surface area (Å²) in [4.78, 5) is 4.59. The van der Waals surface area contributed by atoms with E-state index in [9.17, 15) is 4.39 Å². The van der Waals surface area contributed by atoms with Crippen LogP contribution in [0.1, 0.15) is 63.2 Å². The Morgan fingerprint density at radius 1 is 1.43 bits per heavy atom. The van der Waals surface area contributed by atoms with Crippen molar-refractivity contribution in [2.75, 3.05) is 0 Å². The number of aromatic nitrogens is 2. The third-order valence-electron chi connectivity index (χ3n) is 4.73. The minimum absolute atomic E-state index is 0.164. The van der Waals surface area contributed by atoms with Crippen molar-refractivity contribution in [2.24, 2.45) is 5.92 Å². The second-order valence-electron chi connectivity index (χ2n) is 6.18. The molecule has 2 nitrogen and oxygen atoms in total. The first-order valence-electron chi connectivity index (χ1n) is 7.91. The fourth-order valence-electron chi connectivity index (χ4n) is 3.62. The summed E-state index contributed by atoms with van der Waals surface area (Å²) in [6, 6.07) is 5.31. The molecule has 1 fully saturated rings. The van der Waals surface area contributed by atoms with Gasteiger partial charge in [0.15, 0.2) is 0 Å². The van der Waals surface area contributed by atoms with Crippen molar-refractivity contribution in [3.05, 3.63) is 29.8 Å². The van der Waals surface area contributed by atoms with Crippen molar-refractivity contribution in [2.45, 2.75) is 57.4 Å². The van der Waals surface area contributed by atoms with Crippen molar-refractivity contribution in [1.29, 1.82) is 0 Å². The van der Waals surface area contributed by atoms with E-state index in [0.29, 0.717) is 6.04 Å². The normalized spacial score (nSPS) is 24.4. The Labute approximate surface area is 130 Å². The van der Waals surface area contributed by atoms with E-state index in [2.05, 4.69) is 16.5 Å². The van der Waals surface area contributed by atoms with Gasteiger partial charge in [-0.2, -0.15) is 0 Å². The number of nitrogens with zero attached hydrogens (tertiary/aromatic N) is 2. The molecule has 0 bridgehead atoms. The Hall–Kier alpha value is -1.09. The number of alkyl halides is 1. The van der Waals surface area contributed by atoms with Gasteiger partial charge in [-0.15, -0.1) is 11.6 Å². The highest BCUT2D eigenvalue weighted by atomic mass is 35.5. The van der Waals surface area contributed by atoms with Crippen LogP contribution in [0.5, 0.6) is 0 Å². The van der Waals surface area contributed by atoms with Gasteiger partial charge in [-0.3, -0.25) is 0 Å². The van der Waals surface area contributed by atoms with Gasteiger partial charge in [-0.25, -0.2) is 9.37 Å². The van der Waals surface area contributed by atoms with Gasteiger partial charge in [0.25, 0.3) is 0 Å². The average Bonchev–Trinajstić information content (AvgIpc) is 2.86. The summed E-state index contributed by atoms with van der Waals surface area (Å²) in [5, 5.41) is -0.164. The second kappa shape index (κ2) is 5.96. The lowest BCUT2D eigenvalue weighted by molar-refractivity contribution is 0.261. The topological polar surface area (TPSA) is 17.8 Å². The number of hydrogen-bond acceptors (Lipinski definition) is 1. The van der Waals surface area contributed by atoms with Crippen LogP contribution in [0.15, 0.2) is 18.2 Å². The quantitative estimate of drug-likeness (QED) is 0.673. The number of fused-ring (bicyclic) bond motifs is 1. The largest absolute Gasteiger partial charge is 0.324 e. The van der Waals surface area contributed by atoms with E-state index < -0.39 is 0 Å². The van der Waals surface area contributed by atoms with Crippen LogP contribution in [0.25, 0.3) is 11.0 Å². The molecule has 0 radical (unpaired) electrons. The zero-order chi connectivity index (χ0) is 15.0. The number of halogens is 2. The van der Waals surface area contributed by atoms with Gasteiger partial charge in [0.2, 0.25) is 0 Å². The highest BCUT2D eigenvalue weighted by Crippen LogP contribution is 2.38. The third kappa shape index (κ3) is 2.80. The highest BCUT2D eigenvalue weighted by Gasteiger charge is 2.27. The van der Waals surface area contributed by atoms with Crippen LogP contribution in [0.2, 0.25) is 0 Å². The number of imidazole rings is 1. The van der Waals surface area contributed by atoms with Gasteiger partial charge >= 0.3 is 0 Å². The Morgan fingerprint density at radius 3 is 2.95 bits per heavy atom. The smallest absolute Gasteiger partial charge is 0.127 e. The van der Waals surface area contributed by atoms with Crippen molar-refractivity contribution >= 4 is 22.6 Å². The molecule has 1 aliphatic carbocycles. The van der Waals surface area contributed by atoms with Crippen LogP contribution in [0, 0.1) is 11.7 Å². The van der Waals surface area contributed by atoms with Gasteiger partial charge in [-0.1, -0.05) is 26.2 Å². The molecule has 1 heterocycles. The minimum Gasteiger partial charge on any atom is -0.324 e. The van der Waals surface area contributed by atoms with Crippen molar-refractivity contribution in [1.82, 2.24) is 9.55 Å². The molecule has 0 N–H and O–H groups in total. The molecule has 3 unspecified atom stereocenters. The predicted octanol–water partition coefficient (Wildman–Crippen LogP) is 5.62. The van der Waals surface area contributed by atoms with Gasteiger partial charge in [0.1, 0.15) is 11.6 Å². The van der Waals surface area contributed by atoms with Crippen molar-refractivity contribution in [3.63, 3.8) is 0 Å². The summed E-state index contributed by atoms with van der Waals surface area (Å²) in [6.07, 6.45) is 6.13. The van der Waals surface area contributed by atoms with Gasteiger partial charge < -0.3 is 4.57 Å². The maximum atomic E-state index is 13.5. The number of benzene rings is 1. The maximum Gasteiger partial charge on any atom is 0.127 e.